The molecule has 2 rings (SSSR count). The van der Waals surface area contributed by atoms with E-state index in [2.05, 4.69) is 11.8 Å². The lowest BCUT2D eigenvalue weighted by Crippen LogP contribution is -2.07. The van der Waals surface area contributed by atoms with Crippen molar-refractivity contribution in [1.82, 2.24) is 0 Å². The van der Waals surface area contributed by atoms with Crippen LogP contribution in [0.15, 0.2) is 36.4 Å². The van der Waals surface area contributed by atoms with E-state index in [0.717, 1.165) is 12.1 Å². The Kier molecular flexibility index (Phi) is 6.68. The summed E-state index contributed by atoms with van der Waals surface area (Å²) in [5.41, 5.74) is -0.0786. The van der Waals surface area contributed by atoms with Crippen molar-refractivity contribution in [1.29, 1.82) is 5.26 Å². The van der Waals surface area contributed by atoms with Crippen molar-refractivity contribution in [2.24, 2.45) is 0 Å². The van der Waals surface area contributed by atoms with Crippen LogP contribution in [0.2, 0.25) is 0 Å². The summed E-state index contributed by atoms with van der Waals surface area (Å²) in [5, 5.41) is 18.1. The third kappa shape index (κ3) is 5.28. The number of hydrogen-bond donors (Lipinski definition) is 1. The van der Waals surface area contributed by atoms with Gasteiger partial charge in [-0.3, -0.25) is 0 Å². The normalized spacial score (nSPS) is 10.5. The second-order valence-corrected chi connectivity index (χ2v) is 5.73. The number of hydrogen-bond acceptors (Lipinski definition) is 4. The maximum atomic E-state index is 13.1. The first-order valence-electron chi connectivity index (χ1n) is 8.35. The Bertz CT molecular complexity index is 979. The minimum absolute atomic E-state index is 0.161. The molecule has 28 heavy (non-hydrogen) atoms. The van der Waals surface area contributed by atoms with Crippen LogP contribution < -0.4 is 0 Å². The van der Waals surface area contributed by atoms with Crippen molar-refractivity contribution in [2.45, 2.75) is 25.9 Å². The summed E-state index contributed by atoms with van der Waals surface area (Å²) in [5.74, 6) is 4.11. The molecular formula is C21H16F3NO3. The van der Waals surface area contributed by atoms with Gasteiger partial charge < -0.3 is 9.84 Å². The number of halogens is 3. The smallest absolute Gasteiger partial charge is 0.417 e. The number of carbonyl (C=O) groups is 1. The van der Waals surface area contributed by atoms with E-state index in [1.165, 1.54) is 18.2 Å². The fourth-order valence-electron chi connectivity index (χ4n) is 2.46. The number of alkyl halides is 3. The van der Waals surface area contributed by atoms with Gasteiger partial charge in [0.2, 0.25) is 0 Å². The van der Waals surface area contributed by atoms with Crippen LogP contribution in [0.1, 0.15) is 46.0 Å². The molecule has 0 bridgehead atoms. The molecule has 0 atom stereocenters. The van der Waals surface area contributed by atoms with Crippen LogP contribution >= 0.6 is 0 Å². The minimum Gasteiger partial charge on any atom is -0.508 e. The highest BCUT2D eigenvalue weighted by Crippen LogP contribution is 2.33. The Morgan fingerprint density at radius 2 is 1.82 bits per heavy atom. The molecule has 144 valence electrons. The van der Waals surface area contributed by atoms with E-state index in [0.29, 0.717) is 17.2 Å². The van der Waals surface area contributed by atoms with Gasteiger partial charge in [0.15, 0.2) is 0 Å². The molecule has 0 unspecified atom stereocenters. The summed E-state index contributed by atoms with van der Waals surface area (Å²) in [6, 6.07) is 9.33. The standard InChI is InChI=1S/C21H16F3NO3/c1-2-28-20(27)17-8-6-14(16(12-17)4-3-11-25)5-7-15-9-10-18(26)13-19(15)21(22,23)24/h6,8-10,12-13,26H,2-4H2,1H3. The Hall–Kier alpha value is -3.45. The van der Waals surface area contributed by atoms with Crippen LogP contribution in [0.4, 0.5) is 13.2 Å². The molecule has 0 aliphatic carbocycles. The highest BCUT2D eigenvalue weighted by molar-refractivity contribution is 5.89. The maximum absolute atomic E-state index is 13.1. The molecule has 0 saturated carbocycles. The van der Waals surface area contributed by atoms with E-state index in [-0.39, 0.29) is 30.6 Å². The average molecular weight is 387 g/mol. The number of nitriles is 1. The zero-order valence-electron chi connectivity index (χ0n) is 14.9. The van der Waals surface area contributed by atoms with Gasteiger partial charge in [0.25, 0.3) is 0 Å². The number of phenolic OH excluding ortho intramolecular Hbond substituents is 1. The van der Waals surface area contributed by atoms with Crippen molar-refractivity contribution in [3.05, 3.63) is 64.2 Å². The van der Waals surface area contributed by atoms with Crippen molar-refractivity contribution in [3.8, 4) is 23.7 Å². The Labute approximate surface area is 160 Å². The molecule has 4 nitrogen and oxygen atoms in total. The van der Waals surface area contributed by atoms with E-state index < -0.39 is 23.5 Å². The number of benzene rings is 2. The van der Waals surface area contributed by atoms with E-state index in [9.17, 15) is 23.1 Å². The molecule has 0 aliphatic rings. The summed E-state index contributed by atoms with van der Waals surface area (Å²) in [7, 11) is 0. The lowest BCUT2D eigenvalue weighted by atomic mass is 9.99. The van der Waals surface area contributed by atoms with Gasteiger partial charge >= 0.3 is 12.1 Å². The molecule has 7 heteroatoms. The van der Waals surface area contributed by atoms with E-state index >= 15 is 0 Å². The average Bonchev–Trinajstić information content (AvgIpc) is 2.65. The fraction of sp³-hybridized carbons (Fsp3) is 0.238. The third-order valence-electron chi connectivity index (χ3n) is 3.76. The van der Waals surface area contributed by atoms with Gasteiger partial charge in [-0.15, -0.1) is 0 Å². The number of rotatable bonds is 4. The summed E-state index contributed by atoms with van der Waals surface area (Å²) in [6.07, 6.45) is -4.22. The van der Waals surface area contributed by atoms with Crippen LogP contribution in [-0.4, -0.2) is 17.7 Å². The molecule has 0 spiro atoms. The second kappa shape index (κ2) is 8.96. The molecule has 2 aromatic carbocycles. The molecule has 1 N–H and O–H groups in total. The number of phenols is 1. The SMILES string of the molecule is CCOC(=O)c1ccc(C#Cc2ccc(O)cc2C(F)(F)F)c(CCC#N)c1. The Morgan fingerprint density at radius 1 is 1.14 bits per heavy atom. The van der Waals surface area contributed by atoms with Crippen LogP contribution in [0, 0.1) is 23.2 Å². The van der Waals surface area contributed by atoms with E-state index in [1.54, 1.807) is 6.92 Å². The first kappa shape index (κ1) is 20.9. The molecule has 0 aromatic heterocycles. The van der Waals surface area contributed by atoms with Crippen LogP contribution in [0.25, 0.3) is 0 Å². The molecule has 0 saturated heterocycles. The monoisotopic (exact) mass is 387 g/mol. The predicted octanol–water partition coefficient (Wildman–Crippen LogP) is 4.44. The van der Waals surface area contributed by atoms with E-state index in [1.807, 2.05) is 6.07 Å². The van der Waals surface area contributed by atoms with Crippen molar-refractivity contribution in [3.63, 3.8) is 0 Å². The summed E-state index contributed by atoms with van der Waals surface area (Å²) < 4.78 is 44.4. The maximum Gasteiger partial charge on any atom is 0.417 e. The second-order valence-electron chi connectivity index (χ2n) is 5.73. The van der Waals surface area contributed by atoms with Gasteiger partial charge in [-0.2, -0.15) is 18.4 Å². The summed E-state index contributed by atoms with van der Waals surface area (Å²) in [4.78, 5) is 11.9. The molecular weight excluding hydrogens is 371 g/mol. The topological polar surface area (TPSA) is 70.3 Å². The molecule has 0 fully saturated rings. The Balaban J connectivity index is 2.48. The zero-order chi connectivity index (χ0) is 20.7. The van der Waals surface area contributed by atoms with Gasteiger partial charge in [0, 0.05) is 17.5 Å². The van der Waals surface area contributed by atoms with Gasteiger partial charge in [-0.1, -0.05) is 11.8 Å². The van der Waals surface area contributed by atoms with Crippen LogP contribution in [0.3, 0.4) is 0 Å². The Morgan fingerprint density at radius 3 is 2.46 bits per heavy atom. The summed E-state index contributed by atoms with van der Waals surface area (Å²) >= 11 is 0. The van der Waals surface area contributed by atoms with Gasteiger partial charge in [0.1, 0.15) is 5.75 Å². The zero-order valence-corrected chi connectivity index (χ0v) is 14.9. The number of esters is 1. The molecule has 0 radical (unpaired) electrons. The number of ether oxygens (including phenoxy) is 1. The van der Waals surface area contributed by atoms with Crippen LogP contribution in [0.5, 0.6) is 5.75 Å². The lowest BCUT2D eigenvalue weighted by molar-refractivity contribution is -0.137. The van der Waals surface area contributed by atoms with Gasteiger partial charge in [-0.05, 0) is 55.3 Å². The van der Waals surface area contributed by atoms with Crippen molar-refractivity contribution < 1.29 is 27.8 Å². The number of aromatic hydroxyl groups is 1. The first-order valence-corrected chi connectivity index (χ1v) is 8.35. The molecule has 0 aliphatic heterocycles. The first-order chi connectivity index (χ1) is 13.3. The number of nitrogens with zero attached hydrogens (tertiary/aromatic N) is 1. The molecule has 0 amide bonds. The highest BCUT2D eigenvalue weighted by atomic mass is 19.4. The molecule has 0 heterocycles. The minimum atomic E-state index is -4.67. The predicted molar refractivity (Wildman–Crippen MR) is 95.4 cm³/mol. The summed E-state index contributed by atoms with van der Waals surface area (Å²) in [6.45, 7) is 1.87. The third-order valence-corrected chi connectivity index (χ3v) is 3.76. The number of aryl methyl sites for hydroxylation is 1. The number of carbonyl (C=O) groups excluding carboxylic acids is 1. The van der Waals surface area contributed by atoms with Gasteiger partial charge in [0.05, 0.1) is 23.8 Å². The largest absolute Gasteiger partial charge is 0.508 e. The van der Waals surface area contributed by atoms with Crippen molar-refractivity contribution in [2.75, 3.05) is 6.61 Å². The fourth-order valence-corrected chi connectivity index (χ4v) is 2.46. The lowest BCUT2D eigenvalue weighted by Gasteiger charge is -2.09. The van der Waals surface area contributed by atoms with Crippen molar-refractivity contribution >= 4 is 5.97 Å². The quantitative estimate of drug-likeness (QED) is 0.622. The van der Waals surface area contributed by atoms with Crippen LogP contribution in [-0.2, 0) is 17.3 Å². The highest BCUT2D eigenvalue weighted by Gasteiger charge is 2.33. The van der Waals surface area contributed by atoms with E-state index in [4.69, 9.17) is 10.00 Å². The van der Waals surface area contributed by atoms with Gasteiger partial charge in [-0.25, -0.2) is 4.79 Å². The molecule has 2 aromatic rings.